The summed E-state index contributed by atoms with van der Waals surface area (Å²) in [6.07, 6.45) is 0. The molecule has 0 radical (unpaired) electrons. The lowest BCUT2D eigenvalue weighted by Crippen LogP contribution is -2.19. The summed E-state index contributed by atoms with van der Waals surface area (Å²) < 4.78 is 1.20. The number of nitrogens with zero attached hydrogens (tertiary/aromatic N) is 1. The van der Waals surface area contributed by atoms with Crippen LogP contribution in [0.1, 0.15) is 16.7 Å². The van der Waals surface area contributed by atoms with E-state index in [4.69, 9.17) is 0 Å². The zero-order valence-electron chi connectivity index (χ0n) is 11.3. The number of benzene rings is 1. The van der Waals surface area contributed by atoms with Crippen LogP contribution in [0.15, 0.2) is 39.5 Å². The summed E-state index contributed by atoms with van der Waals surface area (Å²) in [5, 5.41) is 5.44. The van der Waals surface area contributed by atoms with E-state index >= 15 is 0 Å². The number of hydrogen-bond acceptors (Lipinski definition) is 3. The highest BCUT2D eigenvalue weighted by Crippen LogP contribution is 2.22. The maximum Gasteiger partial charge on any atom is 0.0701 e. The number of rotatable bonds is 6. The molecule has 0 aliphatic carbocycles. The predicted molar refractivity (Wildman–Crippen MR) is 86.4 cm³/mol. The summed E-state index contributed by atoms with van der Waals surface area (Å²) >= 11 is 5.26. The van der Waals surface area contributed by atoms with Gasteiger partial charge in [0.05, 0.1) is 3.79 Å². The first-order valence-electron chi connectivity index (χ1n) is 6.32. The van der Waals surface area contributed by atoms with Crippen molar-refractivity contribution in [2.24, 2.45) is 0 Å². The zero-order valence-corrected chi connectivity index (χ0v) is 13.7. The smallest absolute Gasteiger partial charge is 0.0701 e. The molecule has 1 N–H and O–H groups in total. The molecule has 0 aliphatic rings. The first-order chi connectivity index (χ1) is 9.19. The summed E-state index contributed by atoms with van der Waals surface area (Å²) in [7, 11) is 4.16. The van der Waals surface area contributed by atoms with Crippen molar-refractivity contribution in [2.45, 2.75) is 19.6 Å². The summed E-state index contributed by atoms with van der Waals surface area (Å²) in [6.45, 7) is 2.88. The van der Waals surface area contributed by atoms with E-state index in [-0.39, 0.29) is 0 Å². The maximum atomic E-state index is 3.51. The molecule has 0 aliphatic heterocycles. The average molecular weight is 339 g/mol. The zero-order chi connectivity index (χ0) is 13.7. The van der Waals surface area contributed by atoms with Crippen LogP contribution in [-0.4, -0.2) is 19.0 Å². The number of halogens is 1. The highest BCUT2D eigenvalue weighted by molar-refractivity contribution is 9.11. The molecule has 0 fully saturated rings. The Hall–Kier alpha value is -0.680. The standard InChI is InChI=1S/C15H19BrN2S/c1-17-8-13-5-3-4-6-14(13)10-18(2)9-12-7-15(16)19-11-12/h3-7,11,17H,8-10H2,1-2H3. The Kier molecular flexibility index (Phi) is 5.58. The van der Waals surface area contributed by atoms with Gasteiger partial charge in [0, 0.05) is 19.6 Å². The van der Waals surface area contributed by atoms with Gasteiger partial charge in [-0.3, -0.25) is 4.90 Å². The molecule has 2 rings (SSSR count). The Labute approximate surface area is 127 Å². The van der Waals surface area contributed by atoms with Gasteiger partial charge < -0.3 is 5.32 Å². The molecule has 102 valence electrons. The van der Waals surface area contributed by atoms with Crippen molar-refractivity contribution < 1.29 is 0 Å². The Balaban J connectivity index is 2.00. The van der Waals surface area contributed by atoms with E-state index in [2.05, 4.69) is 68.9 Å². The van der Waals surface area contributed by atoms with Crippen molar-refractivity contribution in [3.05, 3.63) is 56.2 Å². The highest BCUT2D eigenvalue weighted by Gasteiger charge is 2.06. The van der Waals surface area contributed by atoms with Gasteiger partial charge in [0.2, 0.25) is 0 Å². The molecule has 2 nitrogen and oxygen atoms in total. The number of nitrogens with one attached hydrogen (secondary N) is 1. The molecule has 1 aromatic heterocycles. The Morgan fingerprint density at radius 2 is 1.95 bits per heavy atom. The normalized spacial score (nSPS) is 11.2. The highest BCUT2D eigenvalue weighted by atomic mass is 79.9. The third kappa shape index (κ3) is 4.42. The van der Waals surface area contributed by atoms with Crippen LogP contribution in [-0.2, 0) is 19.6 Å². The molecule has 19 heavy (non-hydrogen) atoms. The Bertz CT molecular complexity index is 524. The summed E-state index contributed by atoms with van der Waals surface area (Å²) in [5.74, 6) is 0. The van der Waals surface area contributed by atoms with E-state index in [1.165, 1.54) is 20.5 Å². The molecule has 0 bridgehead atoms. The lowest BCUT2D eigenvalue weighted by atomic mass is 10.1. The molecule has 1 aromatic carbocycles. The van der Waals surface area contributed by atoms with E-state index in [9.17, 15) is 0 Å². The summed E-state index contributed by atoms with van der Waals surface area (Å²) in [4.78, 5) is 2.35. The molecule has 0 spiro atoms. The molecule has 0 unspecified atom stereocenters. The van der Waals surface area contributed by atoms with Crippen LogP contribution in [0.25, 0.3) is 0 Å². The van der Waals surface area contributed by atoms with Crippen LogP contribution in [0, 0.1) is 0 Å². The third-order valence-corrected chi connectivity index (χ3v) is 4.55. The van der Waals surface area contributed by atoms with Crippen LogP contribution in [0.3, 0.4) is 0 Å². The molecule has 4 heteroatoms. The molecule has 0 atom stereocenters. The van der Waals surface area contributed by atoms with Gasteiger partial charge in [-0.25, -0.2) is 0 Å². The van der Waals surface area contributed by atoms with Crippen LogP contribution >= 0.6 is 27.3 Å². The second kappa shape index (κ2) is 7.20. The SMILES string of the molecule is CNCc1ccccc1CN(C)Cc1csc(Br)c1. The Morgan fingerprint density at radius 3 is 2.58 bits per heavy atom. The van der Waals surface area contributed by atoms with Gasteiger partial charge in [-0.2, -0.15) is 0 Å². The van der Waals surface area contributed by atoms with Gasteiger partial charge in [0.15, 0.2) is 0 Å². The first-order valence-corrected chi connectivity index (χ1v) is 7.99. The summed E-state index contributed by atoms with van der Waals surface area (Å²) in [6, 6.07) is 10.8. The topological polar surface area (TPSA) is 15.3 Å². The average Bonchev–Trinajstić information content (AvgIpc) is 2.77. The van der Waals surface area contributed by atoms with Gasteiger partial charge in [0.1, 0.15) is 0 Å². The van der Waals surface area contributed by atoms with Crippen molar-refractivity contribution >= 4 is 27.3 Å². The van der Waals surface area contributed by atoms with Crippen molar-refractivity contribution in [3.63, 3.8) is 0 Å². The molecule has 1 heterocycles. The van der Waals surface area contributed by atoms with Crippen LogP contribution in [0.5, 0.6) is 0 Å². The lowest BCUT2D eigenvalue weighted by molar-refractivity contribution is 0.318. The monoisotopic (exact) mass is 338 g/mol. The molecule has 0 saturated heterocycles. The van der Waals surface area contributed by atoms with Crippen LogP contribution in [0.4, 0.5) is 0 Å². The molecular formula is C15H19BrN2S. The minimum Gasteiger partial charge on any atom is -0.316 e. The first kappa shape index (κ1) is 14.7. The minimum absolute atomic E-state index is 0.925. The van der Waals surface area contributed by atoms with E-state index in [1.807, 2.05) is 7.05 Å². The van der Waals surface area contributed by atoms with Crippen LogP contribution in [0.2, 0.25) is 0 Å². The molecule has 0 saturated carbocycles. The minimum atomic E-state index is 0.925. The fourth-order valence-corrected chi connectivity index (χ4v) is 3.36. The van der Waals surface area contributed by atoms with Gasteiger partial charge in [-0.15, -0.1) is 11.3 Å². The third-order valence-electron chi connectivity index (χ3n) is 3.00. The van der Waals surface area contributed by atoms with Crippen LogP contribution < -0.4 is 5.32 Å². The van der Waals surface area contributed by atoms with Crippen molar-refractivity contribution in [3.8, 4) is 0 Å². The van der Waals surface area contributed by atoms with E-state index in [0.29, 0.717) is 0 Å². The van der Waals surface area contributed by atoms with E-state index in [0.717, 1.165) is 19.6 Å². The fraction of sp³-hybridized carbons (Fsp3) is 0.333. The van der Waals surface area contributed by atoms with Gasteiger partial charge >= 0.3 is 0 Å². The van der Waals surface area contributed by atoms with Gasteiger partial charge in [-0.1, -0.05) is 24.3 Å². The molecule has 2 aromatic rings. The van der Waals surface area contributed by atoms with E-state index in [1.54, 1.807) is 11.3 Å². The lowest BCUT2D eigenvalue weighted by Gasteiger charge is -2.18. The largest absolute Gasteiger partial charge is 0.316 e. The molecular weight excluding hydrogens is 320 g/mol. The predicted octanol–water partition coefficient (Wildman–Crippen LogP) is 3.86. The van der Waals surface area contributed by atoms with Gasteiger partial charge in [-0.05, 0) is 58.2 Å². The Morgan fingerprint density at radius 1 is 1.21 bits per heavy atom. The fourth-order valence-electron chi connectivity index (χ4n) is 2.16. The summed E-state index contributed by atoms with van der Waals surface area (Å²) in [5.41, 5.74) is 4.14. The van der Waals surface area contributed by atoms with Crippen molar-refractivity contribution in [1.29, 1.82) is 0 Å². The quantitative estimate of drug-likeness (QED) is 0.860. The van der Waals surface area contributed by atoms with Gasteiger partial charge in [0.25, 0.3) is 0 Å². The van der Waals surface area contributed by atoms with E-state index < -0.39 is 0 Å². The maximum absolute atomic E-state index is 3.51. The van der Waals surface area contributed by atoms with Crippen molar-refractivity contribution in [2.75, 3.05) is 14.1 Å². The molecule has 0 amide bonds. The number of thiophene rings is 1. The van der Waals surface area contributed by atoms with Crippen molar-refractivity contribution in [1.82, 2.24) is 10.2 Å². The number of hydrogen-bond donors (Lipinski definition) is 1. The second-order valence-electron chi connectivity index (χ2n) is 4.73. The second-order valence-corrected chi connectivity index (χ2v) is 7.02.